The zero-order chi connectivity index (χ0) is 17.7. The topological polar surface area (TPSA) is 152 Å². The zero-order valence-electron chi connectivity index (χ0n) is 11.8. The van der Waals surface area contributed by atoms with Gasteiger partial charge in [0.2, 0.25) is 5.82 Å². The standard InChI is InChI=1S/C12H10Br2N6O4/c13-6-1-5(2-7(14)9(6)22)3-16-18-8(21)4-15-10-11(23)17-12(24)20-19-10/h1-3,22H,4H2,(H,15,19)(H,18,21)(H2,17,20,23,24)/b16-3+. The molecule has 5 N–H and O–H groups in total. The molecule has 1 aromatic heterocycles. The van der Waals surface area contributed by atoms with E-state index >= 15 is 0 Å². The molecule has 0 spiro atoms. The SMILES string of the molecule is O=C(CNc1n[nH]c(=O)[nH]c1=O)N/N=C/c1cc(Br)c(O)c(Br)c1. The van der Waals surface area contributed by atoms with Crippen LogP contribution in [0.5, 0.6) is 5.75 Å². The Bertz CT molecular complexity index is 884. The van der Waals surface area contributed by atoms with Crippen LogP contribution in [0.4, 0.5) is 5.82 Å². The quantitative estimate of drug-likeness (QED) is 0.318. The van der Waals surface area contributed by atoms with Gasteiger partial charge in [0.15, 0.2) is 0 Å². The number of phenolic OH excluding ortho intramolecular Hbond substituents is 1. The molecule has 1 aromatic carbocycles. The predicted molar refractivity (Wildman–Crippen MR) is 93.2 cm³/mol. The number of hydrogen-bond donors (Lipinski definition) is 5. The van der Waals surface area contributed by atoms with Crippen LogP contribution in [0.3, 0.4) is 0 Å². The van der Waals surface area contributed by atoms with Crippen molar-refractivity contribution in [1.29, 1.82) is 0 Å². The lowest BCUT2D eigenvalue weighted by molar-refractivity contribution is -0.119. The van der Waals surface area contributed by atoms with E-state index < -0.39 is 17.2 Å². The maximum Gasteiger partial charge on any atom is 0.342 e. The summed E-state index contributed by atoms with van der Waals surface area (Å²) in [6, 6.07) is 3.22. The molecule has 0 aliphatic rings. The molecule has 0 aliphatic carbocycles. The van der Waals surface area contributed by atoms with Crippen LogP contribution in [0.15, 0.2) is 35.8 Å². The Kier molecular flexibility index (Phi) is 5.87. The number of benzene rings is 1. The van der Waals surface area contributed by atoms with Crippen molar-refractivity contribution in [3.05, 3.63) is 47.5 Å². The number of carbonyl (C=O) groups excluding carboxylic acids is 1. The normalized spacial score (nSPS) is 10.8. The van der Waals surface area contributed by atoms with Crippen LogP contribution in [0.1, 0.15) is 5.56 Å². The molecule has 0 radical (unpaired) electrons. The second kappa shape index (κ2) is 7.88. The molecule has 0 aliphatic heterocycles. The highest BCUT2D eigenvalue weighted by molar-refractivity contribution is 9.11. The Morgan fingerprint density at radius 1 is 1.33 bits per heavy atom. The van der Waals surface area contributed by atoms with Crippen molar-refractivity contribution in [3.8, 4) is 5.75 Å². The fraction of sp³-hybridized carbons (Fsp3) is 0.0833. The van der Waals surface area contributed by atoms with E-state index in [4.69, 9.17) is 0 Å². The third-order valence-electron chi connectivity index (χ3n) is 2.57. The van der Waals surface area contributed by atoms with Gasteiger partial charge in [0.05, 0.1) is 21.7 Å². The van der Waals surface area contributed by atoms with Gasteiger partial charge in [-0.2, -0.15) is 5.10 Å². The lowest BCUT2D eigenvalue weighted by Crippen LogP contribution is -2.31. The summed E-state index contributed by atoms with van der Waals surface area (Å²) in [5, 5.41) is 21.3. The number of H-pyrrole nitrogens is 2. The first-order valence-corrected chi connectivity index (χ1v) is 7.88. The first-order chi connectivity index (χ1) is 11.4. The minimum Gasteiger partial charge on any atom is -0.506 e. The Hall–Kier alpha value is -2.47. The number of hydrogen-bond acceptors (Lipinski definition) is 7. The summed E-state index contributed by atoms with van der Waals surface area (Å²) >= 11 is 6.35. The summed E-state index contributed by atoms with van der Waals surface area (Å²) in [6.45, 7) is -0.275. The van der Waals surface area contributed by atoms with Gasteiger partial charge in [-0.05, 0) is 49.6 Å². The van der Waals surface area contributed by atoms with Crippen LogP contribution in [0.25, 0.3) is 0 Å². The fourth-order valence-electron chi connectivity index (χ4n) is 1.51. The second-order valence-corrected chi connectivity index (χ2v) is 6.04. The molecule has 0 bridgehead atoms. The predicted octanol–water partition coefficient (Wildman–Crippen LogP) is 0.251. The third-order valence-corrected chi connectivity index (χ3v) is 3.78. The molecule has 0 saturated heterocycles. The number of halogens is 2. The molecule has 0 saturated carbocycles. The van der Waals surface area contributed by atoms with Crippen LogP contribution < -0.4 is 22.0 Å². The Labute approximate surface area is 150 Å². The van der Waals surface area contributed by atoms with Crippen molar-refractivity contribution in [2.24, 2.45) is 5.10 Å². The minimum absolute atomic E-state index is 0.0546. The number of phenols is 1. The third kappa shape index (κ3) is 4.76. The van der Waals surface area contributed by atoms with E-state index in [9.17, 15) is 19.5 Å². The van der Waals surface area contributed by atoms with Gasteiger partial charge in [-0.15, -0.1) is 5.10 Å². The summed E-state index contributed by atoms with van der Waals surface area (Å²) in [7, 11) is 0. The number of rotatable bonds is 5. The monoisotopic (exact) mass is 460 g/mol. The van der Waals surface area contributed by atoms with Crippen molar-refractivity contribution >= 4 is 49.8 Å². The van der Waals surface area contributed by atoms with Crippen molar-refractivity contribution in [2.45, 2.75) is 0 Å². The van der Waals surface area contributed by atoms with Crippen molar-refractivity contribution in [1.82, 2.24) is 20.6 Å². The fourth-order valence-corrected chi connectivity index (χ4v) is 2.73. The summed E-state index contributed by atoms with van der Waals surface area (Å²) in [4.78, 5) is 35.7. The highest BCUT2D eigenvalue weighted by Gasteiger charge is 2.06. The number of nitrogens with one attached hydrogen (secondary N) is 4. The number of aromatic amines is 2. The Morgan fingerprint density at radius 3 is 2.62 bits per heavy atom. The molecule has 126 valence electrons. The van der Waals surface area contributed by atoms with E-state index in [1.807, 2.05) is 10.1 Å². The number of aromatic nitrogens is 3. The number of amides is 1. The smallest absolute Gasteiger partial charge is 0.342 e. The van der Waals surface area contributed by atoms with Gasteiger partial charge < -0.3 is 10.4 Å². The van der Waals surface area contributed by atoms with Crippen LogP contribution in [-0.4, -0.2) is 39.0 Å². The van der Waals surface area contributed by atoms with Gasteiger partial charge in [-0.3, -0.25) is 14.6 Å². The van der Waals surface area contributed by atoms with Crippen LogP contribution in [0, 0.1) is 0 Å². The first-order valence-electron chi connectivity index (χ1n) is 6.29. The zero-order valence-corrected chi connectivity index (χ0v) is 14.9. The molecular weight excluding hydrogens is 452 g/mol. The summed E-state index contributed by atoms with van der Waals surface area (Å²) in [5.74, 6) is -0.672. The molecule has 12 heteroatoms. The van der Waals surface area contributed by atoms with Crippen LogP contribution in [-0.2, 0) is 4.79 Å². The second-order valence-electron chi connectivity index (χ2n) is 4.34. The van der Waals surface area contributed by atoms with E-state index in [1.165, 1.54) is 6.21 Å². The van der Waals surface area contributed by atoms with Crippen LogP contribution >= 0.6 is 31.9 Å². The van der Waals surface area contributed by atoms with Crippen LogP contribution in [0.2, 0.25) is 0 Å². The summed E-state index contributed by atoms with van der Waals surface area (Å²) < 4.78 is 0.935. The molecular formula is C12H10Br2N6O4. The average Bonchev–Trinajstić information content (AvgIpc) is 2.51. The lowest BCUT2D eigenvalue weighted by Gasteiger charge is -2.03. The highest BCUT2D eigenvalue weighted by Crippen LogP contribution is 2.32. The summed E-state index contributed by atoms with van der Waals surface area (Å²) in [6.07, 6.45) is 1.37. The van der Waals surface area contributed by atoms with E-state index in [1.54, 1.807) is 12.1 Å². The van der Waals surface area contributed by atoms with Gasteiger partial charge in [0.1, 0.15) is 5.75 Å². The van der Waals surface area contributed by atoms with Gasteiger partial charge in [0.25, 0.3) is 11.5 Å². The van der Waals surface area contributed by atoms with Gasteiger partial charge in [-0.25, -0.2) is 15.3 Å². The van der Waals surface area contributed by atoms with Crippen molar-refractivity contribution in [2.75, 3.05) is 11.9 Å². The Morgan fingerprint density at radius 2 is 2.00 bits per heavy atom. The number of anilines is 1. The maximum atomic E-state index is 11.6. The Balaban J connectivity index is 1.91. The molecule has 0 fully saturated rings. The van der Waals surface area contributed by atoms with E-state index in [0.29, 0.717) is 14.5 Å². The number of aromatic hydroxyl groups is 1. The largest absolute Gasteiger partial charge is 0.506 e. The lowest BCUT2D eigenvalue weighted by atomic mass is 10.2. The maximum absolute atomic E-state index is 11.6. The molecule has 24 heavy (non-hydrogen) atoms. The van der Waals surface area contributed by atoms with Crippen molar-refractivity contribution in [3.63, 3.8) is 0 Å². The molecule has 1 heterocycles. The highest BCUT2D eigenvalue weighted by atomic mass is 79.9. The molecule has 2 aromatic rings. The minimum atomic E-state index is -0.745. The molecule has 0 unspecified atom stereocenters. The molecule has 10 nitrogen and oxygen atoms in total. The molecule has 0 atom stereocenters. The van der Waals surface area contributed by atoms with Crippen molar-refractivity contribution < 1.29 is 9.90 Å². The number of carbonyl (C=O) groups is 1. The molecule has 1 amide bonds. The number of nitrogens with zero attached hydrogens (tertiary/aromatic N) is 2. The average molecular weight is 462 g/mol. The molecule has 2 rings (SSSR count). The summed E-state index contributed by atoms with van der Waals surface area (Å²) in [5.41, 5.74) is 1.39. The first kappa shape index (κ1) is 17.9. The van der Waals surface area contributed by atoms with E-state index in [0.717, 1.165) is 0 Å². The van der Waals surface area contributed by atoms with Gasteiger partial charge in [0, 0.05) is 0 Å². The number of hydrazone groups is 1. The van der Waals surface area contributed by atoms with Gasteiger partial charge >= 0.3 is 5.69 Å². The van der Waals surface area contributed by atoms with Gasteiger partial charge in [-0.1, -0.05) is 0 Å². The van der Waals surface area contributed by atoms with E-state index in [-0.39, 0.29) is 18.1 Å². The van der Waals surface area contributed by atoms with E-state index in [2.05, 4.69) is 52.8 Å².